The van der Waals surface area contributed by atoms with Crippen LogP contribution in [-0.4, -0.2) is 10.5 Å². The fraction of sp³-hybridized carbons (Fsp3) is 0.412. The lowest BCUT2D eigenvalue weighted by Gasteiger charge is -2.32. The third kappa shape index (κ3) is 10.3. The van der Waals surface area contributed by atoms with E-state index in [-0.39, 0.29) is 0 Å². The molecule has 0 aromatic heterocycles. The minimum Gasteiger partial charge on any atom is -0.166 e. The van der Waals surface area contributed by atoms with E-state index in [4.69, 9.17) is 0 Å². The Morgan fingerprint density at radius 2 is 0.829 bits per heavy atom. The van der Waals surface area contributed by atoms with Crippen LogP contribution >= 0.6 is 11.8 Å². The van der Waals surface area contributed by atoms with Crippen molar-refractivity contribution in [2.45, 2.75) is 74.2 Å². The van der Waals surface area contributed by atoms with Crippen molar-refractivity contribution in [2.24, 2.45) is 11.8 Å². The summed E-state index contributed by atoms with van der Waals surface area (Å²) in [5.74, 6) is 1.11. The van der Waals surface area contributed by atoms with Gasteiger partial charge in [0.15, 0.2) is 0 Å². The van der Waals surface area contributed by atoms with Gasteiger partial charge in [-0.15, -0.1) is 0 Å². The second-order valence-electron chi connectivity index (χ2n) is 10.9. The molecule has 0 saturated heterocycles. The second-order valence-corrected chi connectivity index (χ2v) is 12.5. The molecule has 4 rings (SSSR count). The van der Waals surface area contributed by atoms with E-state index < -0.39 is 23.5 Å². The van der Waals surface area contributed by atoms with Gasteiger partial charge in [0, 0.05) is 10.5 Å². The summed E-state index contributed by atoms with van der Waals surface area (Å²) in [4.78, 5) is 0. The number of alkyl halides is 6. The van der Waals surface area contributed by atoms with Gasteiger partial charge in [0.25, 0.3) is 0 Å². The number of halogens is 6. The molecule has 0 heterocycles. The first-order valence-corrected chi connectivity index (χ1v) is 15.2. The Kier molecular flexibility index (Phi) is 11.0. The molecule has 0 nitrogen and oxygen atoms in total. The maximum atomic E-state index is 12.7. The van der Waals surface area contributed by atoms with Crippen molar-refractivity contribution in [1.82, 2.24) is 0 Å². The SMILES string of the molecule is FC(F)(F)c1ccc(C=CC=CC2CCC(SC3CCC(/C=C/C=C/c4ccc(C(F)(F)F)cc4)CC3)CC2)cc1. The van der Waals surface area contributed by atoms with Crippen LogP contribution in [0.3, 0.4) is 0 Å². The summed E-state index contributed by atoms with van der Waals surface area (Å²) < 4.78 is 76.1. The minimum absolute atomic E-state index is 0.556. The largest absolute Gasteiger partial charge is 0.416 e. The highest BCUT2D eigenvalue weighted by atomic mass is 32.2. The highest BCUT2D eigenvalue weighted by molar-refractivity contribution is 8.00. The molecule has 0 N–H and O–H groups in total. The van der Waals surface area contributed by atoms with E-state index in [2.05, 4.69) is 23.9 Å². The summed E-state index contributed by atoms with van der Waals surface area (Å²) in [5, 5.41) is 1.43. The first-order chi connectivity index (χ1) is 19.6. The van der Waals surface area contributed by atoms with Gasteiger partial charge in [-0.3, -0.25) is 0 Å². The molecular formula is C34H36F6S. The fourth-order valence-electron chi connectivity index (χ4n) is 5.45. The van der Waals surface area contributed by atoms with E-state index in [0.29, 0.717) is 22.3 Å². The van der Waals surface area contributed by atoms with Gasteiger partial charge >= 0.3 is 12.4 Å². The highest BCUT2D eigenvalue weighted by Gasteiger charge is 2.30. The Morgan fingerprint density at radius 1 is 0.488 bits per heavy atom. The zero-order chi connectivity index (χ0) is 29.3. The summed E-state index contributed by atoms with van der Waals surface area (Å²) >= 11 is 2.17. The van der Waals surface area contributed by atoms with Crippen LogP contribution in [0.2, 0.25) is 0 Å². The number of allylic oxidation sites excluding steroid dienone is 6. The van der Waals surface area contributed by atoms with E-state index in [1.807, 2.05) is 36.5 Å². The topological polar surface area (TPSA) is 0 Å². The summed E-state index contributed by atoms with van der Waals surface area (Å²) in [6, 6.07) is 10.4. The predicted octanol–water partition coefficient (Wildman–Crippen LogP) is 11.4. The first-order valence-electron chi connectivity index (χ1n) is 14.3. The quantitative estimate of drug-likeness (QED) is 0.218. The van der Waals surface area contributed by atoms with Crippen molar-refractivity contribution >= 4 is 23.9 Å². The van der Waals surface area contributed by atoms with Crippen LogP contribution in [0, 0.1) is 11.8 Å². The van der Waals surface area contributed by atoms with Crippen LogP contribution in [-0.2, 0) is 12.4 Å². The van der Waals surface area contributed by atoms with Crippen molar-refractivity contribution < 1.29 is 26.3 Å². The number of thioether (sulfide) groups is 1. The van der Waals surface area contributed by atoms with E-state index in [0.717, 1.165) is 35.4 Å². The van der Waals surface area contributed by atoms with Gasteiger partial charge in [-0.05, 0) is 98.6 Å². The molecule has 2 fully saturated rings. The normalized spacial score (nSPS) is 24.7. The summed E-state index contributed by atoms with van der Waals surface area (Å²) in [6.07, 6.45) is 16.9. The fourth-order valence-corrected chi connectivity index (χ4v) is 7.08. The molecule has 0 spiro atoms. The third-order valence-corrected chi connectivity index (χ3v) is 9.58. The Balaban J connectivity index is 1.11. The van der Waals surface area contributed by atoms with Gasteiger partial charge in [0.1, 0.15) is 0 Å². The Bertz CT molecular complexity index is 1090. The molecule has 2 saturated carbocycles. The Hall–Kier alpha value is -2.67. The molecule has 2 aromatic carbocycles. The van der Waals surface area contributed by atoms with Crippen LogP contribution in [0.1, 0.15) is 73.6 Å². The van der Waals surface area contributed by atoms with Crippen molar-refractivity contribution in [3.63, 3.8) is 0 Å². The van der Waals surface area contributed by atoms with Gasteiger partial charge in [0.2, 0.25) is 0 Å². The lowest BCUT2D eigenvalue weighted by molar-refractivity contribution is -0.138. The van der Waals surface area contributed by atoms with Crippen LogP contribution < -0.4 is 0 Å². The Labute approximate surface area is 243 Å². The zero-order valence-electron chi connectivity index (χ0n) is 22.9. The minimum atomic E-state index is -4.31. The smallest absolute Gasteiger partial charge is 0.166 e. The predicted molar refractivity (Wildman–Crippen MR) is 158 cm³/mol. The van der Waals surface area contributed by atoms with Crippen LogP contribution in [0.5, 0.6) is 0 Å². The van der Waals surface area contributed by atoms with Gasteiger partial charge in [-0.25, -0.2) is 0 Å². The molecule has 220 valence electrons. The van der Waals surface area contributed by atoms with Crippen LogP contribution in [0.4, 0.5) is 26.3 Å². The molecule has 0 bridgehead atoms. The molecule has 0 amide bonds. The molecule has 2 aromatic rings. The Morgan fingerprint density at radius 3 is 1.15 bits per heavy atom. The third-order valence-electron chi connectivity index (χ3n) is 7.86. The highest BCUT2D eigenvalue weighted by Crippen LogP contribution is 2.40. The second kappa shape index (κ2) is 14.5. The average molecular weight is 591 g/mol. The number of hydrogen-bond acceptors (Lipinski definition) is 1. The molecule has 0 radical (unpaired) electrons. The van der Waals surface area contributed by atoms with Gasteiger partial charge < -0.3 is 0 Å². The van der Waals surface area contributed by atoms with Gasteiger partial charge in [-0.2, -0.15) is 38.1 Å². The summed E-state index contributed by atoms with van der Waals surface area (Å²) in [7, 11) is 0. The van der Waals surface area contributed by atoms with Crippen LogP contribution in [0.15, 0.2) is 85.0 Å². The molecule has 0 atom stereocenters. The number of benzene rings is 2. The summed E-state index contributed by atoms with van der Waals surface area (Å²) in [6.45, 7) is 0. The van der Waals surface area contributed by atoms with Crippen molar-refractivity contribution in [2.75, 3.05) is 0 Å². The lowest BCUT2D eigenvalue weighted by atomic mass is 9.88. The van der Waals surface area contributed by atoms with Gasteiger partial charge in [0.05, 0.1) is 11.1 Å². The molecule has 41 heavy (non-hydrogen) atoms. The maximum absolute atomic E-state index is 12.7. The van der Waals surface area contributed by atoms with E-state index in [1.165, 1.54) is 75.6 Å². The van der Waals surface area contributed by atoms with Gasteiger partial charge in [-0.1, -0.05) is 72.9 Å². The van der Waals surface area contributed by atoms with E-state index >= 15 is 0 Å². The molecule has 2 aliphatic carbocycles. The average Bonchev–Trinajstić information content (AvgIpc) is 2.95. The van der Waals surface area contributed by atoms with E-state index in [1.54, 1.807) is 0 Å². The monoisotopic (exact) mass is 590 g/mol. The lowest BCUT2D eigenvalue weighted by Crippen LogP contribution is -2.21. The maximum Gasteiger partial charge on any atom is 0.416 e. The van der Waals surface area contributed by atoms with Crippen molar-refractivity contribution in [1.29, 1.82) is 0 Å². The first kappa shape index (κ1) is 31.3. The number of hydrogen-bond donors (Lipinski definition) is 0. The number of rotatable bonds is 8. The summed E-state index contributed by atoms with van der Waals surface area (Å²) in [5.41, 5.74) is 0.245. The molecule has 7 heteroatoms. The van der Waals surface area contributed by atoms with Crippen molar-refractivity contribution in [3.8, 4) is 0 Å². The zero-order valence-corrected chi connectivity index (χ0v) is 23.7. The molecule has 0 aliphatic heterocycles. The standard InChI is InChI=1S/C34H36F6S/c35-33(36,37)29-17-9-25(10-18-29)5-1-3-7-27-13-21-31(22-14-27)41-32-23-15-28(16-24-32)8-4-2-6-26-11-19-30(20-12-26)34(38,39)40/h1-12,17-20,27-28,31-32H,13-16,21-24H2/b5-1+,6-2?,7-3+,8-4?. The van der Waals surface area contributed by atoms with Crippen LogP contribution in [0.25, 0.3) is 12.2 Å². The molecule has 2 aliphatic rings. The van der Waals surface area contributed by atoms with Crippen molar-refractivity contribution in [3.05, 3.63) is 107 Å². The van der Waals surface area contributed by atoms with E-state index in [9.17, 15) is 26.3 Å². The molecule has 0 unspecified atom stereocenters. The molecular weight excluding hydrogens is 554 g/mol.